The maximum absolute atomic E-state index is 13.1. The zero-order valence-corrected chi connectivity index (χ0v) is 15.4. The summed E-state index contributed by atoms with van der Waals surface area (Å²) >= 11 is 0. The number of carbonyl (C=O) groups is 1. The zero-order valence-electron chi connectivity index (χ0n) is 15.4. The van der Waals surface area contributed by atoms with E-state index >= 15 is 0 Å². The molecule has 1 aromatic heterocycles. The maximum atomic E-state index is 13.1. The molecule has 0 saturated carbocycles. The second kappa shape index (κ2) is 8.47. The summed E-state index contributed by atoms with van der Waals surface area (Å²) in [5.74, 6) is 6.62. The van der Waals surface area contributed by atoms with Crippen molar-refractivity contribution < 1.29 is 4.79 Å². The summed E-state index contributed by atoms with van der Waals surface area (Å²) in [4.78, 5) is 24.3. The standard InChI is InChI=1S/C23H20N4O/c28-22(19-9-5-2-6-10-19)21-20(12-11-18-7-3-1-4-8-18)17-25-23(26-21)27-15-13-24-14-16-27/h1-10,17,24H,13-16H2. The van der Waals surface area contributed by atoms with E-state index in [-0.39, 0.29) is 5.78 Å². The van der Waals surface area contributed by atoms with E-state index in [9.17, 15) is 4.79 Å². The van der Waals surface area contributed by atoms with Crippen LogP contribution in [0.1, 0.15) is 27.2 Å². The van der Waals surface area contributed by atoms with Crippen LogP contribution >= 0.6 is 0 Å². The van der Waals surface area contributed by atoms with Crippen molar-refractivity contribution in [3.8, 4) is 11.8 Å². The minimum Gasteiger partial charge on any atom is -0.338 e. The number of benzene rings is 2. The Morgan fingerprint density at radius 1 is 0.929 bits per heavy atom. The van der Waals surface area contributed by atoms with Gasteiger partial charge in [0.1, 0.15) is 5.69 Å². The first-order chi connectivity index (χ1) is 13.8. The van der Waals surface area contributed by atoms with Crippen LogP contribution in [0, 0.1) is 11.8 Å². The molecule has 5 heteroatoms. The van der Waals surface area contributed by atoms with Gasteiger partial charge >= 0.3 is 0 Å². The second-order valence-electron chi connectivity index (χ2n) is 6.48. The molecule has 1 aliphatic heterocycles. The summed E-state index contributed by atoms with van der Waals surface area (Å²) in [6.07, 6.45) is 1.66. The maximum Gasteiger partial charge on any atom is 0.226 e. The Balaban J connectivity index is 1.74. The molecule has 28 heavy (non-hydrogen) atoms. The first-order valence-electron chi connectivity index (χ1n) is 9.31. The van der Waals surface area contributed by atoms with Gasteiger partial charge in [-0.25, -0.2) is 9.97 Å². The highest BCUT2D eigenvalue weighted by Gasteiger charge is 2.19. The average molecular weight is 368 g/mol. The lowest BCUT2D eigenvalue weighted by atomic mass is 10.0. The lowest BCUT2D eigenvalue weighted by Gasteiger charge is -2.27. The third kappa shape index (κ3) is 4.08. The number of aromatic nitrogens is 2. The first kappa shape index (κ1) is 17.9. The molecule has 0 radical (unpaired) electrons. The fourth-order valence-corrected chi connectivity index (χ4v) is 3.04. The van der Waals surface area contributed by atoms with Crippen molar-refractivity contribution in [3.63, 3.8) is 0 Å². The largest absolute Gasteiger partial charge is 0.338 e. The Morgan fingerprint density at radius 2 is 1.61 bits per heavy atom. The van der Waals surface area contributed by atoms with Gasteiger partial charge in [0.25, 0.3) is 0 Å². The topological polar surface area (TPSA) is 58.1 Å². The van der Waals surface area contributed by atoms with Crippen LogP contribution in [0.3, 0.4) is 0 Å². The van der Waals surface area contributed by atoms with Gasteiger partial charge < -0.3 is 10.2 Å². The third-order valence-corrected chi connectivity index (χ3v) is 4.54. The highest BCUT2D eigenvalue weighted by atomic mass is 16.1. The molecule has 1 aliphatic rings. The van der Waals surface area contributed by atoms with Crippen LogP contribution in [0.4, 0.5) is 5.95 Å². The van der Waals surface area contributed by atoms with Crippen molar-refractivity contribution in [2.45, 2.75) is 0 Å². The highest BCUT2D eigenvalue weighted by Crippen LogP contribution is 2.16. The second-order valence-corrected chi connectivity index (χ2v) is 6.48. The van der Waals surface area contributed by atoms with Crippen LogP contribution in [0.5, 0.6) is 0 Å². The molecular formula is C23H20N4O. The van der Waals surface area contributed by atoms with Crippen molar-refractivity contribution in [2.75, 3.05) is 31.1 Å². The van der Waals surface area contributed by atoms with Crippen LogP contribution in [0.2, 0.25) is 0 Å². The van der Waals surface area contributed by atoms with Crippen LogP contribution in [0.25, 0.3) is 0 Å². The molecule has 5 nitrogen and oxygen atoms in total. The number of piperazine rings is 1. The van der Waals surface area contributed by atoms with E-state index in [1.807, 2.05) is 48.5 Å². The van der Waals surface area contributed by atoms with E-state index < -0.39 is 0 Å². The number of carbonyl (C=O) groups excluding carboxylic acids is 1. The smallest absolute Gasteiger partial charge is 0.226 e. The molecule has 3 aromatic rings. The molecule has 4 rings (SSSR count). The summed E-state index contributed by atoms with van der Waals surface area (Å²) < 4.78 is 0. The minimum atomic E-state index is -0.142. The first-order valence-corrected chi connectivity index (χ1v) is 9.31. The summed E-state index contributed by atoms with van der Waals surface area (Å²) in [6.45, 7) is 3.38. The monoisotopic (exact) mass is 368 g/mol. The predicted octanol–water partition coefficient (Wildman–Crippen LogP) is 2.52. The Bertz CT molecular complexity index is 1020. The van der Waals surface area contributed by atoms with Crippen LogP contribution in [-0.4, -0.2) is 41.9 Å². The van der Waals surface area contributed by atoms with Gasteiger partial charge in [-0.2, -0.15) is 0 Å². The lowest BCUT2D eigenvalue weighted by molar-refractivity contribution is 0.103. The number of rotatable bonds is 3. The molecular weight excluding hydrogens is 348 g/mol. The third-order valence-electron chi connectivity index (χ3n) is 4.54. The number of hydrogen-bond donors (Lipinski definition) is 1. The van der Waals surface area contributed by atoms with Gasteiger partial charge in [-0.15, -0.1) is 0 Å². The van der Waals surface area contributed by atoms with Gasteiger partial charge in [-0.1, -0.05) is 60.4 Å². The van der Waals surface area contributed by atoms with Crippen LogP contribution in [0.15, 0.2) is 66.9 Å². The normalized spacial score (nSPS) is 13.5. The van der Waals surface area contributed by atoms with E-state index in [4.69, 9.17) is 0 Å². The molecule has 0 bridgehead atoms. The Labute approximate surface area is 164 Å². The fraction of sp³-hybridized carbons (Fsp3) is 0.174. The molecule has 138 valence electrons. The number of nitrogens with one attached hydrogen (secondary N) is 1. The van der Waals surface area contributed by atoms with Crippen molar-refractivity contribution in [2.24, 2.45) is 0 Å². The molecule has 2 aromatic carbocycles. The SMILES string of the molecule is O=C(c1ccccc1)c1nc(N2CCNCC2)ncc1C#Cc1ccccc1. The van der Waals surface area contributed by atoms with E-state index in [0.717, 1.165) is 31.7 Å². The molecule has 1 fully saturated rings. The van der Waals surface area contributed by atoms with Crippen molar-refractivity contribution >= 4 is 11.7 Å². The molecule has 1 N–H and O–H groups in total. The van der Waals surface area contributed by atoms with Gasteiger partial charge in [-0.05, 0) is 12.1 Å². The molecule has 0 atom stereocenters. The van der Waals surface area contributed by atoms with Gasteiger partial charge in [0.05, 0.1) is 5.56 Å². The van der Waals surface area contributed by atoms with Crippen LogP contribution in [-0.2, 0) is 0 Å². The number of anilines is 1. The molecule has 0 spiro atoms. The molecule has 0 unspecified atom stereocenters. The summed E-state index contributed by atoms with van der Waals surface area (Å²) in [7, 11) is 0. The predicted molar refractivity (Wildman–Crippen MR) is 109 cm³/mol. The molecule has 2 heterocycles. The van der Waals surface area contributed by atoms with Gasteiger partial charge in [0.2, 0.25) is 11.7 Å². The van der Waals surface area contributed by atoms with E-state index in [2.05, 4.69) is 32.0 Å². The highest BCUT2D eigenvalue weighted by molar-refractivity contribution is 6.09. The zero-order chi connectivity index (χ0) is 19.2. The van der Waals surface area contributed by atoms with Gasteiger partial charge in [0.15, 0.2) is 0 Å². The summed E-state index contributed by atoms with van der Waals surface area (Å²) in [5.41, 5.74) is 2.36. The Morgan fingerprint density at radius 3 is 2.32 bits per heavy atom. The van der Waals surface area contributed by atoms with Gasteiger partial charge in [-0.3, -0.25) is 4.79 Å². The Kier molecular flexibility index (Phi) is 5.41. The summed E-state index contributed by atoms with van der Waals surface area (Å²) in [5, 5.41) is 3.31. The van der Waals surface area contributed by atoms with Crippen LogP contribution < -0.4 is 10.2 Å². The van der Waals surface area contributed by atoms with E-state index in [0.29, 0.717) is 22.8 Å². The fourth-order valence-electron chi connectivity index (χ4n) is 3.04. The van der Waals surface area contributed by atoms with Crippen molar-refractivity contribution in [1.82, 2.24) is 15.3 Å². The van der Waals surface area contributed by atoms with Gasteiger partial charge in [0, 0.05) is 43.5 Å². The number of nitrogens with zero attached hydrogens (tertiary/aromatic N) is 3. The molecule has 0 aliphatic carbocycles. The minimum absolute atomic E-state index is 0.142. The Hall–Kier alpha value is -3.49. The molecule has 1 saturated heterocycles. The van der Waals surface area contributed by atoms with Crippen molar-refractivity contribution in [1.29, 1.82) is 0 Å². The number of hydrogen-bond acceptors (Lipinski definition) is 5. The van der Waals surface area contributed by atoms with E-state index in [1.54, 1.807) is 18.3 Å². The average Bonchev–Trinajstić information content (AvgIpc) is 2.79. The quantitative estimate of drug-likeness (QED) is 0.569. The van der Waals surface area contributed by atoms with Crippen molar-refractivity contribution in [3.05, 3.63) is 89.2 Å². The summed E-state index contributed by atoms with van der Waals surface area (Å²) in [6, 6.07) is 18.9. The lowest BCUT2D eigenvalue weighted by Crippen LogP contribution is -2.44. The molecule has 0 amide bonds. The van der Waals surface area contributed by atoms with E-state index in [1.165, 1.54) is 0 Å². The number of ketones is 1.